The number of benzene rings is 3. The third-order valence-electron chi connectivity index (χ3n) is 5.59. The first kappa shape index (κ1) is 23.9. The van der Waals surface area contributed by atoms with Crippen molar-refractivity contribution < 1.29 is 19.4 Å². The molecule has 0 fully saturated rings. The summed E-state index contributed by atoms with van der Waals surface area (Å²) in [6.45, 7) is 1.61. The van der Waals surface area contributed by atoms with E-state index in [4.69, 9.17) is 14.2 Å². The Morgan fingerprint density at radius 2 is 1.14 bits per heavy atom. The van der Waals surface area contributed by atoms with Gasteiger partial charge < -0.3 is 19.1 Å². The van der Waals surface area contributed by atoms with E-state index in [1.807, 2.05) is 72.8 Å². The van der Waals surface area contributed by atoms with Crippen LogP contribution in [-0.4, -0.2) is 41.3 Å². The monoisotopic (exact) mass is 475 g/mol. The number of ether oxygens (including phenoxy) is 3. The first-order valence-electron chi connectivity index (χ1n) is 11.1. The summed E-state index contributed by atoms with van der Waals surface area (Å²) < 4.78 is 17.6. The minimum atomic E-state index is 0.128. The molecule has 0 aliphatic heterocycles. The third-order valence-corrected chi connectivity index (χ3v) is 5.59. The van der Waals surface area contributed by atoms with Crippen LogP contribution in [-0.2, 0) is 19.6 Å². The molecule has 3 aromatic carbocycles. The van der Waals surface area contributed by atoms with Gasteiger partial charge in [-0.2, -0.15) is 4.98 Å². The van der Waals surface area contributed by atoms with Gasteiger partial charge >= 0.3 is 0 Å². The molecule has 0 saturated carbocycles. The second kappa shape index (κ2) is 11.3. The quantitative estimate of drug-likeness (QED) is 0.309. The number of aromatic nitrogens is 3. The molecule has 0 bridgehead atoms. The Morgan fingerprint density at radius 1 is 0.714 bits per heavy atom. The molecule has 4 aromatic rings. The van der Waals surface area contributed by atoms with Gasteiger partial charge in [-0.25, -0.2) is 10.2 Å². The SMILES string of the molecule is COc1ccc(CN(Cc2ccc(OC)cc2)c2nc(NO)nn2Cc2ccc(OC)cc2)cc1. The second-order valence-corrected chi connectivity index (χ2v) is 7.91. The third kappa shape index (κ3) is 6.01. The standard InChI is InChI=1S/C26H29N5O4/c1-33-22-10-4-19(5-11-22)16-30(17-20-6-12-23(34-2)13-7-20)26-27-25(29-32)28-31(26)18-21-8-14-24(35-3)15-9-21/h4-15,32H,16-18H2,1-3H3,(H,28,29). The Hall–Kier alpha value is -4.24. The number of methoxy groups -OCH3 is 3. The van der Waals surface area contributed by atoms with Crippen molar-refractivity contribution in [3.8, 4) is 17.2 Å². The van der Waals surface area contributed by atoms with Crippen molar-refractivity contribution in [3.05, 3.63) is 89.5 Å². The van der Waals surface area contributed by atoms with E-state index in [0.29, 0.717) is 25.6 Å². The lowest BCUT2D eigenvalue weighted by Gasteiger charge is -2.24. The van der Waals surface area contributed by atoms with Crippen molar-refractivity contribution in [2.24, 2.45) is 0 Å². The molecule has 35 heavy (non-hydrogen) atoms. The van der Waals surface area contributed by atoms with Crippen LogP contribution in [0, 0.1) is 0 Å². The van der Waals surface area contributed by atoms with Gasteiger partial charge in [0.1, 0.15) is 17.2 Å². The lowest BCUT2D eigenvalue weighted by atomic mass is 10.1. The van der Waals surface area contributed by atoms with Gasteiger partial charge in [0.05, 0.1) is 27.9 Å². The fraction of sp³-hybridized carbons (Fsp3) is 0.231. The molecule has 9 nitrogen and oxygen atoms in total. The Morgan fingerprint density at radius 3 is 1.54 bits per heavy atom. The molecule has 182 valence electrons. The zero-order valence-corrected chi connectivity index (χ0v) is 20.0. The summed E-state index contributed by atoms with van der Waals surface area (Å²) >= 11 is 0. The predicted molar refractivity (Wildman–Crippen MR) is 133 cm³/mol. The largest absolute Gasteiger partial charge is 0.497 e. The van der Waals surface area contributed by atoms with E-state index < -0.39 is 0 Å². The minimum absolute atomic E-state index is 0.128. The highest BCUT2D eigenvalue weighted by molar-refractivity contribution is 5.42. The van der Waals surface area contributed by atoms with Crippen molar-refractivity contribution in [2.45, 2.75) is 19.6 Å². The topological polar surface area (TPSA) is 93.9 Å². The number of nitrogens with zero attached hydrogens (tertiary/aromatic N) is 4. The molecule has 0 aliphatic rings. The van der Waals surface area contributed by atoms with Crippen LogP contribution in [0.1, 0.15) is 16.7 Å². The van der Waals surface area contributed by atoms with Crippen LogP contribution < -0.4 is 24.6 Å². The van der Waals surface area contributed by atoms with Crippen molar-refractivity contribution in [2.75, 3.05) is 31.7 Å². The molecule has 0 radical (unpaired) electrons. The molecule has 9 heteroatoms. The highest BCUT2D eigenvalue weighted by atomic mass is 16.5. The number of hydrogen-bond acceptors (Lipinski definition) is 8. The van der Waals surface area contributed by atoms with Crippen LogP contribution in [0.4, 0.5) is 11.9 Å². The van der Waals surface area contributed by atoms with Crippen LogP contribution in [0.2, 0.25) is 0 Å². The highest BCUT2D eigenvalue weighted by Crippen LogP contribution is 2.24. The summed E-state index contributed by atoms with van der Waals surface area (Å²) in [5.74, 6) is 3.12. The van der Waals surface area contributed by atoms with Gasteiger partial charge in [-0.1, -0.05) is 36.4 Å². The van der Waals surface area contributed by atoms with E-state index in [0.717, 1.165) is 33.9 Å². The van der Waals surface area contributed by atoms with Gasteiger partial charge in [-0.3, -0.25) is 5.21 Å². The summed E-state index contributed by atoms with van der Waals surface area (Å²) in [5, 5.41) is 14.0. The number of hydrogen-bond donors (Lipinski definition) is 2. The van der Waals surface area contributed by atoms with E-state index >= 15 is 0 Å². The number of rotatable bonds is 11. The maximum absolute atomic E-state index is 9.54. The van der Waals surface area contributed by atoms with Gasteiger partial charge in [0, 0.05) is 13.1 Å². The summed E-state index contributed by atoms with van der Waals surface area (Å²) in [7, 11) is 4.94. The Labute approximate surface area is 204 Å². The van der Waals surface area contributed by atoms with E-state index in [1.165, 1.54) is 0 Å². The average Bonchev–Trinajstić information content (AvgIpc) is 3.32. The van der Waals surface area contributed by atoms with Crippen molar-refractivity contribution in [1.82, 2.24) is 14.8 Å². The normalized spacial score (nSPS) is 10.6. The van der Waals surface area contributed by atoms with Gasteiger partial charge in [-0.05, 0) is 53.1 Å². The molecule has 0 atom stereocenters. The molecule has 2 N–H and O–H groups in total. The molecule has 1 heterocycles. The highest BCUT2D eigenvalue weighted by Gasteiger charge is 2.19. The Kier molecular flexibility index (Phi) is 7.69. The van der Waals surface area contributed by atoms with Crippen LogP contribution in [0.25, 0.3) is 0 Å². The molecule has 0 spiro atoms. The molecular formula is C26H29N5O4. The van der Waals surface area contributed by atoms with E-state index in [9.17, 15) is 5.21 Å². The smallest absolute Gasteiger partial charge is 0.267 e. The molecule has 4 rings (SSSR count). The molecule has 0 aliphatic carbocycles. The zero-order chi connectivity index (χ0) is 24.6. The number of anilines is 2. The van der Waals surface area contributed by atoms with Crippen molar-refractivity contribution in [3.63, 3.8) is 0 Å². The lowest BCUT2D eigenvalue weighted by Crippen LogP contribution is -2.26. The maximum atomic E-state index is 9.54. The zero-order valence-electron chi connectivity index (χ0n) is 20.0. The fourth-order valence-electron chi connectivity index (χ4n) is 3.73. The van der Waals surface area contributed by atoms with Crippen LogP contribution in [0.5, 0.6) is 17.2 Å². The van der Waals surface area contributed by atoms with Crippen molar-refractivity contribution in [1.29, 1.82) is 0 Å². The maximum Gasteiger partial charge on any atom is 0.267 e. The Balaban J connectivity index is 1.67. The van der Waals surface area contributed by atoms with Gasteiger partial charge in [-0.15, -0.1) is 5.10 Å². The molecule has 1 aromatic heterocycles. The summed E-state index contributed by atoms with van der Waals surface area (Å²) in [6.07, 6.45) is 0. The van der Waals surface area contributed by atoms with Gasteiger partial charge in [0.2, 0.25) is 5.95 Å². The van der Waals surface area contributed by atoms with Crippen LogP contribution in [0.3, 0.4) is 0 Å². The first-order chi connectivity index (χ1) is 17.1. The van der Waals surface area contributed by atoms with E-state index in [1.54, 1.807) is 26.0 Å². The van der Waals surface area contributed by atoms with Crippen LogP contribution >= 0.6 is 0 Å². The predicted octanol–water partition coefficient (Wildman–Crippen LogP) is 4.36. The van der Waals surface area contributed by atoms with E-state index in [-0.39, 0.29) is 5.95 Å². The average molecular weight is 476 g/mol. The molecule has 0 saturated heterocycles. The lowest BCUT2D eigenvalue weighted by molar-refractivity contribution is 0.382. The van der Waals surface area contributed by atoms with Crippen molar-refractivity contribution >= 4 is 11.9 Å². The second-order valence-electron chi connectivity index (χ2n) is 7.91. The Bertz CT molecular complexity index is 1160. The van der Waals surface area contributed by atoms with Crippen LogP contribution in [0.15, 0.2) is 72.8 Å². The molecule has 0 amide bonds. The van der Waals surface area contributed by atoms with E-state index in [2.05, 4.69) is 20.5 Å². The summed E-state index contributed by atoms with van der Waals surface area (Å²) in [5.41, 5.74) is 5.27. The first-order valence-corrected chi connectivity index (χ1v) is 11.1. The minimum Gasteiger partial charge on any atom is -0.497 e. The molecule has 0 unspecified atom stereocenters. The fourth-order valence-corrected chi connectivity index (χ4v) is 3.73. The van der Waals surface area contributed by atoms with Gasteiger partial charge in [0.25, 0.3) is 5.95 Å². The summed E-state index contributed by atoms with van der Waals surface area (Å²) in [4.78, 5) is 6.67. The number of nitrogens with one attached hydrogen (secondary N) is 1. The molecular weight excluding hydrogens is 446 g/mol. The van der Waals surface area contributed by atoms with Gasteiger partial charge in [0.15, 0.2) is 0 Å². The summed E-state index contributed by atoms with van der Waals surface area (Å²) in [6, 6.07) is 23.6.